The van der Waals surface area contributed by atoms with Crippen LogP contribution in [0, 0.1) is 0 Å². The van der Waals surface area contributed by atoms with E-state index in [-0.39, 0.29) is 0 Å². The maximum Gasteiger partial charge on any atom is 0.0479 e. The average molecular weight is 178 g/mol. The summed E-state index contributed by atoms with van der Waals surface area (Å²) in [5.74, 6) is 0. The zero-order chi connectivity index (χ0) is 9.10. The van der Waals surface area contributed by atoms with Crippen LogP contribution in [0.3, 0.4) is 0 Å². The van der Waals surface area contributed by atoms with E-state index in [0.717, 1.165) is 6.42 Å². The minimum absolute atomic E-state index is 0.372. The van der Waals surface area contributed by atoms with Crippen molar-refractivity contribution in [2.45, 2.75) is 18.5 Å². The van der Waals surface area contributed by atoms with Crippen molar-refractivity contribution in [3.05, 3.63) is 30.1 Å². The molecule has 2 heterocycles. The highest BCUT2D eigenvalue weighted by Crippen LogP contribution is 2.20. The van der Waals surface area contributed by atoms with Gasteiger partial charge in [0.05, 0.1) is 0 Å². The maximum absolute atomic E-state index is 5.56. The van der Waals surface area contributed by atoms with Crippen molar-refractivity contribution >= 4 is 0 Å². The Balaban J connectivity index is 2.04. The summed E-state index contributed by atoms with van der Waals surface area (Å²) in [6.45, 7) is 0.675. The lowest BCUT2D eigenvalue weighted by Gasteiger charge is -2.08. The van der Waals surface area contributed by atoms with Crippen molar-refractivity contribution in [3.8, 4) is 0 Å². The van der Waals surface area contributed by atoms with Crippen LogP contribution in [0.2, 0.25) is 0 Å². The fourth-order valence-electron chi connectivity index (χ4n) is 1.59. The van der Waals surface area contributed by atoms with Gasteiger partial charge in [0.25, 0.3) is 0 Å². The van der Waals surface area contributed by atoms with Gasteiger partial charge in [-0.15, -0.1) is 0 Å². The lowest BCUT2D eigenvalue weighted by molar-refractivity contribution is 0.546. The second-order valence-electron chi connectivity index (χ2n) is 3.29. The summed E-state index contributed by atoms with van der Waals surface area (Å²) in [5.41, 5.74) is 13.2. The second-order valence-corrected chi connectivity index (χ2v) is 3.29. The first-order chi connectivity index (χ1) is 6.40. The van der Waals surface area contributed by atoms with Crippen LogP contribution in [-0.2, 0) is 0 Å². The third kappa shape index (κ3) is 1.85. The average Bonchev–Trinajstić information content (AvgIpc) is 2.67. The van der Waals surface area contributed by atoms with E-state index in [0.29, 0.717) is 18.6 Å². The molecule has 0 spiro atoms. The molecule has 1 aromatic heterocycles. The van der Waals surface area contributed by atoms with E-state index in [9.17, 15) is 0 Å². The van der Waals surface area contributed by atoms with E-state index in [1.54, 1.807) is 0 Å². The Morgan fingerprint density at radius 2 is 2.15 bits per heavy atom. The lowest BCUT2D eigenvalue weighted by atomic mass is 10.0. The van der Waals surface area contributed by atoms with Crippen molar-refractivity contribution in [2.24, 2.45) is 5.73 Å². The van der Waals surface area contributed by atoms with Gasteiger partial charge in [-0.2, -0.15) is 0 Å². The molecule has 2 unspecified atom stereocenters. The van der Waals surface area contributed by atoms with Crippen molar-refractivity contribution in [2.75, 3.05) is 6.54 Å². The number of hydrogen-bond donors (Lipinski definition) is 3. The Bertz CT molecular complexity index is 262. The summed E-state index contributed by atoms with van der Waals surface area (Å²) < 4.78 is 0. The first-order valence-corrected chi connectivity index (χ1v) is 4.51. The van der Waals surface area contributed by atoms with Crippen LogP contribution in [0.4, 0.5) is 0 Å². The molecule has 1 saturated heterocycles. The molecule has 0 radical (unpaired) electrons. The number of nitrogens with one attached hydrogen (secondary N) is 2. The highest BCUT2D eigenvalue weighted by molar-refractivity contribution is 5.16. The lowest BCUT2D eigenvalue weighted by Crippen LogP contribution is -2.35. The topological polar surface area (TPSA) is 63.0 Å². The fourth-order valence-corrected chi connectivity index (χ4v) is 1.59. The molecule has 2 atom stereocenters. The van der Waals surface area contributed by atoms with Gasteiger partial charge in [0.1, 0.15) is 0 Å². The molecule has 0 saturated carbocycles. The van der Waals surface area contributed by atoms with Crippen LogP contribution >= 0.6 is 0 Å². The summed E-state index contributed by atoms with van der Waals surface area (Å²) in [6, 6.07) is 4.81. The molecule has 1 aromatic rings. The molecule has 4 nitrogen and oxygen atoms in total. The van der Waals surface area contributed by atoms with Gasteiger partial charge in [-0.3, -0.25) is 10.4 Å². The molecule has 0 amide bonds. The molecule has 1 fully saturated rings. The van der Waals surface area contributed by atoms with Gasteiger partial charge < -0.3 is 5.73 Å². The molecular weight excluding hydrogens is 164 g/mol. The fraction of sp³-hybridized carbons (Fsp3) is 0.444. The quantitative estimate of drug-likeness (QED) is 0.594. The highest BCUT2D eigenvalue weighted by atomic mass is 15.4. The van der Waals surface area contributed by atoms with Gasteiger partial charge in [0.2, 0.25) is 0 Å². The van der Waals surface area contributed by atoms with Gasteiger partial charge in [-0.05, 0) is 24.1 Å². The Kier molecular flexibility index (Phi) is 2.54. The predicted octanol–water partition coefficient (Wildman–Crippen LogP) is -0.0521. The molecule has 13 heavy (non-hydrogen) atoms. The van der Waals surface area contributed by atoms with Gasteiger partial charge in [0, 0.05) is 31.0 Å². The smallest absolute Gasteiger partial charge is 0.0479 e. The molecule has 70 valence electrons. The van der Waals surface area contributed by atoms with Gasteiger partial charge >= 0.3 is 0 Å². The van der Waals surface area contributed by atoms with Crippen LogP contribution in [0.15, 0.2) is 24.5 Å². The number of nitrogens with zero attached hydrogens (tertiary/aromatic N) is 1. The SMILES string of the molecule is NCC1CC(c2ccncc2)NN1. The third-order valence-electron chi connectivity index (χ3n) is 2.37. The Morgan fingerprint density at radius 1 is 1.38 bits per heavy atom. The van der Waals surface area contributed by atoms with Crippen LogP contribution < -0.4 is 16.6 Å². The monoisotopic (exact) mass is 178 g/mol. The van der Waals surface area contributed by atoms with Gasteiger partial charge in [-0.1, -0.05) is 0 Å². The van der Waals surface area contributed by atoms with E-state index in [2.05, 4.69) is 15.8 Å². The minimum atomic E-state index is 0.372. The summed E-state index contributed by atoms with van der Waals surface area (Å²) in [5, 5.41) is 0. The van der Waals surface area contributed by atoms with Crippen LogP contribution in [0.1, 0.15) is 18.0 Å². The number of aromatic nitrogens is 1. The molecule has 4 N–H and O–H groups in total. The summed E-state index contributed by atoms with van der Waals surface area (Å²) in [6.07, 6.45) is 4.67. The summed E-state index contributed by atoms with van der Waals surface area (Å²) in [7, 11) is 0. The van der Waals surface area contributed by atoms with Crippen molar-refractivity contribution in [3.63, 3.8) is 0 Å². The summed E-state index contributed by atoms with van der Waals surface area (Å²) in [4.78, 5) is 3.98. The van der Waals surface area contributed by atoms with Crippen molar-refractivity contribution in [1.29, 1.82) is 0 Å². The van der Waals surface area contributed by atoms with E-state index < -0.39 is 0 Å². The van der Waals surface area contributed by atoms with Gasteiger partial charge in [0.15, 0.2) is 0 Å². The number of rotatable bonds is 2. The van der Waals surface area contributed by atoms with Crippen molar-refractivity contribution in [1.82, 2.24) is 15.8 Å². The Hall–Kier alpha value is -0.970. The minimum Gasteiger partial charge on any atom is -0.329 e. The first kappa shape index (κ1) is 8.62. The van der Waals surface area contributed by atoms with E-state index in [4.69, 9.17) is 5.73 Å². The molecule has 0 aliphatic carbocycles. The highest BCUT2D eigenvalue weighted by Gasteiger charge is 2.23. The molecule has 1 aliphatic heterocycles. The maximum atomic E-state index is 5.56. The molecule has 0 aromatic carbocycles. The first-order valence-electron chi connectivity index (χ1n) is 4.51. The molecule has 2 rings (SSSR count). The molecule has 4 heteroatoms. The van der Waals surface area contributed by atoms with Gasteiger partial charge in [-0.25, -0.2) is 5.43 Å². The number of nitrogens with two attached hydrogens (primary N) is 1. The Morgan fingerprint density at radius 3 is 2.77 bits per heavy atom. The predicted molar refractivity (Wildman–Crippen MR) is 50.7 cm³/mol. The second kappa shape index (κ2) is 3.83. The zero-order valence-corrected chi connectivity index (χ0v) is 7.40. The largest absolute Gasteiger partial charge is 0.329 e. The van der Waals surface area contributed by atoms with Crippen LogP contribution in [0.5, 0.6) is 0 Å². The summed E-state index contributed by atoms with van der Waals surface area (Å²) >= 11 is 0. The standard InChI is InChI=1S/C9H14N4/c10-6-8-5-9(13-12-8)7-1-3-11-4-2-7/h1-4,8-9,12-13H,5-6,10H2. The number of hydrogen-bond acceptors (Lipinski definition) is 4. The Labute approximate surface area is 77.5 Å². The van der Waals surface area contributed by atoms with Crippen LogP contribution in [-0.4, -0.2) is 17.6 Å². The number of pyridine rings is 1. The van der Waals surface area contributed by atoms with Crippen LogP contribution in [0.25, 0.3) is 0 Å². The van der Waals surface area contributed by atoms with E-state index >= 15 is 0 Å². The normalized spacial score (nSPS) is 27.8. The molecule has 1 aliphatic rings. The number of hydrazine groups is 1. The third-order valence-corrected chi connectivity index (χ3v) is 2.37. The van der Waals surface area contributed by atoms with E-state index in [1.807, 2.05) is 24.5 Å². The molecular formula is C9H14N4. The van der Waals surface area contributed by atoms with Crippen molar-refractivity contribution < 1.29 is 0 Å². The van der Waals surface area contributed by atoms with E-state index in [1.165, 1.54) is 5.56 Å². The molecule has 0 bridgehead atoms. The zero-order valence-electron chi connectivity index (χ0n) is 7.40.